The first-order valence-corrected chi connectivity index (χ1v) is 10.3. The Hall–Kier alpha value is -0.660. The van der Waals surface area contributed by atoms with E-state index in [0.29, 0.717) is 32.4 Å². The smallest absolute Gasteiger partial charge is 0.222 e. The quantitative estimate of drug-likeness (QED) is 0.770. The topological polar surface area (TPSA) is 83.9 Å². The van der Waals surface area contributed by atoms with Gasteiger partial charge in [-0.15, -0.1) is 0 Å². The predicted molar refractivity (Wildman–Crippen MR) is 87.8 cm³/mol. The Bertz CT molecular complexity index is 493. The summed E-state index contributed by atoms with van der Waals surface area (Å²) in [6.45, 7) is 1.97. The van der Waals surface area contributed by atoms with Crippen LogP contribution >= 0.6 is 0 Å². The molecular weight excluding hydrogens is 318 g/mol. The summed E-state index contributed by atoms with van der Waals surface area (Å²) in [5.41, 5.74) is -0.250. The minimum Gasteiger partial charge on any atom is -0.396 e. The molecule has 1 N–H and O–H groups in total. The lowest BCUT2D eigenvalue weighted by molar-refractivity contribution is -0.137. The van der Waals surface area contributed by atoms with E-state index in [-0.39, 0.29) is 35.4 Å². The van der Waals surface area contributed by atoms with Gasteiger partial charge in [-0.2, -0.15) is 0 Å². The number of aliphatic hydroxyl groups is 1. The van der Waals surface area contributed by atoms with Crippen LogP contribution in [0.15, 0.2) is 0 Å². The molecule has 23 heavy (non-hydrogen) atoms. The molecular formula is C16H29NO5S. The van der Waals surface area contributed by atoms with Crippen LogP contribution < -0.4 is 0 Å². The van der Waals surface area contributed by atoms with Gasteiger partial charge in [0.25, 0.3) is 0 Å². The van der Waals surface area contributed by atoms with E-state index in [1.807, 2.05) is 4.90 Å². The third-order valence-electron chi connectivity index (χ3n) is 5.32. The van der Waals surface area contributed by atoms with Gasteiger partial charge >= 0.3 is 0 Å². The highest BCUT2D eigenvalue weighted by molar-refractivity contribution is 7.91. The van der Waals surface area contributed by atoms with E-state index in [2.05, 4.69) is 0 Å². The summed E-state index contributed by atoms with van der Waals surface area (Å²) in [7, 11) is -1.23. The molecule has 2 fully saturated rings. The predicted octanol–water partition coefficient (Wildman–Crippen LogP) is 0.839. The van der Waals surface area contributed by atoms with Gasteiger partial charge in [0.1, 0.15) is 9.84 Å². The average molecular weight is 347 g/mol. The van der Waals surface area contributed by atoms with Crippen LogP contribution in [-0.4, -0.2) is 69.3 Å². The van der Waals surface area contributed by atoms with Gasteiger partial charge in [0.2, 0.25) is 5.91 Å². The van der Waals surface area contributed by atoms with Crippen molar-refractivity contribution < 1.29 is 23.1 Å². The van der Waals surface area contributed by atoms with Crippen LogP contribution in [0.1, 0.15) is 38.5 Å². The maximum atomic E-state index is 12.6. The number of carbonyl (C=O) groups is 1. The SMILES string of the molecule is COCC[C@]1(CO)CCCN(C(=O)CC2CCS(=O)(=O)CC2)C1. The monoisotopic (exact) mass is 347 g/mol. The number of hydrogen-bond donors (Lipinski definition) is 1. The van der Waals surface area contributed by atoms with Gasteiger partial charge in [0.05, 0.1) is 18.1 Å². The van der Waals surface area contributed by atoms with Gasteiger partial charge in [-0.3, -0.25) is 4.79 Å². The van der Waals surface area contributed by atoms with Gasteiger partial charge in [0.15, 0.2) is 0 Å². The average Bonchev–Trinajstić information content (AvgIpc) is 2.55. The maximum absolute atomic E-state index is 12.6. The van der Waals surface area contributed by atoms with Crippen LogP contribution in [-0.2, 0) is 19.4 Å². The lowest BCUT2D eigenvalue weighted by atomic mass is 9.77. The van der Waals surface area contributed by atoms with Crippen molar-refractivity contribution in [2.45, 2.75) is 38.5 Å². The van der Waals surface area contributed by atoms with Crippen LogP contribution in [0.5, 0.6) is 0 Å². The number of aliphatic hydroxyl groups excluding tert-OH is 1. The first kappa shape index (κ1) is 18.7. The molecule has 0 aromatic rings. The van der Waals surface area contributed by atoms with E-state index in [4.69, 9.17) is 4.74 Å². The summed E-state index contributed by atoms with van der Waals surface area (Å²) in [5, 5.41) is 9.79. The van der Waals surface area contributed by atoms with Gasteiger partial charge in [0, 0.05) is 38.6 Å². The summed E-state index contributed by atoms with van der Waals surface area (Å²) in [6, 6.07) is 0. The zero-order chi connectivity index (χ0) is 16.9. The molecule has 0 unspecified atom stereocenters. The maximum Gasteiger partial charge on any atom is 0.222 e. The molecule has 0 spiro atoms. The molecule has 2 heterocycles. The van der Waals surface area contributed by atoms with Crippen molar-refractivity contribution in [1.29, 1.82) is 0 Å². The number of piperidine rings is 1. The Kier molecular flexibility index (Phi) is 6.45. The number of likely N-dealkylation sites (tertiary alicyclic amines) is 1. The van der Waals surface area contributed by atoms with Gasteiger partial charge in [-0.1, -0.05) is 0 Å². The molecule has 1 amide bonds. The molecule has 2 aliphatic heterocycles. The molecule has 0 bridgehead atoms. The summed E-state index contributed by atoms with van der Waals surface area (Å²) < 4.78 is 28.1. The molecule has 2 aliphatic rings. The molecule has 1 atom stereocenters. The molecule has 134 valence electrons. The highest BCUT2D eigenvalue weighted by Crippen LogP contribution is 2.34. The molecule has 7 heteroatoms. The standard InChI is InChI=1S/C16H29NO5S/c1-22-8-6-16(13-18)5-2-7-17(12-16)15(19)11-14-3-9-23(20,21)10-4-14/h14,18H,2-13H2,1H3/t16-/m1/s1. The van der Waals surface area contributed by atoms with Crippen molar-refractivity contribution in [1.82, 2.24) is 4.90 Å². The Morgan fingerprint density at radius 3 is 2.65 bits per heavy atom. The van der Waals surface area contributed by atoms with Crippen molar-refractivity contribution in [2.75, 3.05) is 44.9 Å². The number of hydrogen-bond acceptors (Lipinski definition) is 5. The number of amides is 1. The lowest BCUT2D eigenvalue weighted by Gasteiger charge is -2.42. The molecule has 2 rings (SSSR count). The molecule has 0 aromatic carbocycles. The number of carbonyl (C=O) groups excluding carboxylic acids is 1. The Labute approximate surface area is 139 Å². The zero-order valence-corrected chi connectivity index (χ0v) is 14.8. The van der Waals surface area contributed by atoms with E-state index >= 15 is 0 Å². The first-order valence-electron chi connectivity index (χ1n) is 8.48. The highest BCUT2D eigenvalue weighted by atomic mass is 32.2. The molecule has 0 saturated carbocycles. The highest BCUT2D eigenvalue weighted by Gasteiger charge is 2.37. The number of nitrogens with zero attached hydrogens (tertiary/aromatic N) is 1. The lowest BCUT2D eigenvalue weighted by Crippen LogP contribution is -2.48. The summed E-state index contributed by atoms with van der Waals surface area (Å²) in [4.78, 5) is 14.4. The second-order valence-electron chi connectivity index (χ2n) is 7.12. The third kappa shape index (κ3) is 5.16. The van der Waals surface area contributed by atoms with Crippen molar-refractivity contribution in [3.63, 3.8) is 0 Å². The second-order valence-corrected chi connectivity index (χ2v) is 9.42. The van der Waals surface area contributed by atoms with Crippen LogP contribution in [0.25, 0.3) is 0 Å². The first-order chi connectivity index (χ1) is 10.9. The largest absolute Gasteiger partial charge is 0.396 e. The molecule has 6 nitrogen and oxygen atoms in total. The van der Waals surface area contributed by atoms with E-state index < -0.39 is 9.84 Å². The third-order valence-corrected chi connectivity index (χ3v) is 7.04. The van der Waals surface area contributed by atoms with E-state index in [0.717, 1.165) is 25.8 Å². The normalized spacial score (nSPS) is 28.7. The molecule has 0 radical (unpaired) electrons. The molecule has 2 saturated heterocycles. The second kappa shape index (κ2) is 7.94. The zero-order valence-electron chi connectivity index (χ0n) is 14.0. The van der Waals surface area contributed by atoms with Crippen LogP contribution in [0, 0.1) is 11.3 Å². The van der Waals surface area contributed by atoms with Crippen molar-refractivity contribution in [2.24, 2.45) is 11.3 Å². The summed E-state index contributed by atoms with van der Waals surface area (Å²) in [6.07, 6.45) is 4.19. The fraction of sp³-hybridized carbons (Fsp3) is 0.938. The van der Waals surface area contributed by atoms with Crippen LogP contribution in [0.3, 0.4) is 0 Å². The number of sulfone groups is 1. The van der Waals surface area contributed by atoms with Crippen molar-refractivity contribution >= 4 is 15.7 Å². The van der Waals surface area contributed by atoms with E-state index in [1.165, 1.54) is 0 Å². The summed E-state index contributed by atoms with van der Waals surface area (Å²) >= 11 is 0. The number of methoxy groups -OCH3 is 1. The molecule has 0 aliphatic carbocycles. The number of ether oxygens (including phenoxy) is 1. The van der Waals surface area contributed by atoms with Crippen molar-refractivity contribution in [3.05, 3.63) is 0 Å². The van der Waals surface area contributed by atoms with Gasteiger partial charge in [-0.25, -0.2) is 8.42 Å². The fourth-order valence-corrected chi connectivity index (χ4v) is 5.26. The minimum absolute atomic E-state index is 0.0712. The van der Waals surface area contributed by atoms with E-state index in [1.54, 1.807) is 7.11 Å². The van der Waals surface area contributed by atoms with Crippen LogP contribution in [0.2, 0.25) is 0 Å². The van der Waals surface area contributed by atoms with Gasteiger partial charge in [-0.05, 0) is 38.0 Å². The van der Waals surface area contributed by atoms with Crippen molar-refractivity contribution in [3.8, 4) is 0 Å². The minimum atomic E-state index is -2.88. The van der Waals surface area contributed by atoms with E-state index in [9.17, 15) is 18.3 Å². The fourth-order valence-electron chi connectivity index (χ4n) is 3.67. The Balaban J connectivity index is 1.89. The molecule has 0 aromatic heterocycles. The Morgan fingerprint density at radius 2 is 2.04 bits per heavy atom. The van der Waals surface area contributed by atoms with Crippen LogP contribution in [0.4, 0.5) is 0 Å². The number of rotatable bonds is 6. The Morgan fingerprint density at radius 1 is 1.35 bits per heavy atom. The van der Waals surface area contributed by atoms with Gasteiger partial charge < -0.3 is 14.7 Å². The summed E-state index contributed by atoms with van der Waals surface area (Å²) in [5.74, 6) is 0.693.